The van der Waals surface area contributed by atoms with Crippen molar-refractivity contribution in [2.24, 2.45) is 11.7 Å². The molecular weight excluding hydrogens is 301 g/mol. The number of hydrogen-bond acceptors (Lipinski definition) is 3. The number of thioether (sulfide) groups is 1. The molecule has 1 aromatic rings. The first-order valence-corrected chi connectivity index (χ1v) is 8.29. The van der Waals surface area contributed by atoms with E-state index in [1.807, 2.05) is 18.2 Å². The lowest BCUT2D eigenvalue weighted by Crippen LogP contribution is -2.41. The van der Waals surface area contributed by atoms with Crippen molar-refractivity contribution < 1.29 is 5.11 Å². The average molecular weight is 320 g/mol. The quantitative estimate of drug-likeness (QED) is 0.807. The highest BCUT2D eigenvalue weighted by molar-refractivity contribution is 7.99. The zero-order chi connectivity index (χ0) is 13.9. The standard InChI is InChI=1S/C14H19Cl2NOS/c15-12-4-3-11(8-13(12)16)19-7-5-10-2-1-6-14(10,18)9-17/h3-4,8,10,18H,1-2,5-7,9,17H2. The van der Waals surface area contributed by atoms with E-state index in [4.69, 9.17) is 28.9 Å². The molecule has 0 amide bonds. The van der Waals surface area contributed by atoms with Crippen LogP contribution >= 0.6 is 35.0 Å². The Kier molecular flexibility index (Phi) is 5.44. The normalized spacial score (nSPS) is 26.8. The molecule has 19 heavy (non-hydrogen) atoms. The SMILES string of the molecule is NCC1(O)CCCC1CCSc1ccc(Cl)c(Cl)c1. The fourth-order valence-corrected chi connectivity index (χ4v) is 4.06. The van der Waals surface area contributed by atoms with Gasteiger partial charge in [-0.05, 0) is 49.1 Å². The summed E-state index contributed by atoms with van der Waals surface area (Å²) in [6, 6.07) is 5.68. The maximum absolute atomic E-state index is 10.4. The van der Waals surface area contributed by atoms with Gasteiger partial charge in [0.15, 0.2) is 0 Å². The van der Waals surface area contributed by atoms with E-state index in [1.54, 1.807) is 11.8 Å². The highest BCUT2D eigenvalue weighted by Crippen LogP contribution is 2.38. The van der Waals surface area contributed by atoms with Crippen molar-refractivity contribution in [3.63, 3.8) is 0 Å². The molecule has 1 aromatic carbocycles. The summed E-state index contributed by atoms with van der Waals surface area (Å²) < 4.78 is 0. The minimum absolute atomic E-state index is 0.327. The van der Waals surface area contributed by atoms with Crippen LogP contribution in [0.15, 0.2) is 23.1 Å². The monoisotopic (exact) mass is 319 g/mol. The van der Waals surface area contributed by atoms with Crippen LogP contribution in [0.1, 0.15) is 25.7 Å². The number of benzene rings is 1. The summed E-state index contributed by atoms with van der Waals surface area (Å²) >= 11 is 13.6. The molecule has 0 spiro atoms. The Morgan fingerprint density at radius 2 is 2.16 bits per heavy atom. The second-order valence-electron chi connectivity index (χ2n) is 5.11. The largest absolute Gasteiger partial charge is 0.388 e. The van der Waals surface area contributed by atoms with Gasteiger partial charge in [0.25, 0.3) is 0 Å². The molecule has 1 fully saturated rings. The maximum Gasteiger partial charge on any atom is 0.0797 e. The predicted octanol–water partition coefficient (Wildman–Crippen LogP) is 3.97. The van der Waals surface area contributed by atoms with E-state index in [9.17, 15) is 5.11 Å². The van der Waals surface area contributed by atoms with E-state index >= 15 is 0 Å². The Labute approximate surface area is 128 Å². The van der Waals surface area contributed by atoms with E-state index < -0.39 is 5.60 Å². The van der Waals surface area contributed by atoms with Gasteiger partial charge in [0.1, 0.15) is 0 Å². The molecule has 0 bridgehead atoms. The summed E-state index contributed by atoms with van der Waals surface area (Å²) in [5, 5.41) is 11.5. The van der Waals surface area contributed by atoms with Crippen LogP contribution in [0.5, 0.6) is 0 Å². The molecule has 1 aliphatic rings. The van der Waals surface area contributed by atoms with Crippen LogP contribution in [0, 0.1) is 5.92 Å². The number of rotatable bonds is 5. The van der Waals surface area contributed by atoms with Crippen molar-refractivity contribution in [2.45, 2.75) is 36.2 Å². The van der Waals surface area contributed by atoms with Crippen molar-refractivity contribution in [1.82, 2.24) is 0 Å². The van der Waals surface area contributed by atoms with E-state index in [1.165, 1.54) is 0 Å². The van der Waals surface area contributed by atoms with Crippen molar-refractivity contribution in [3.05, 3.63) is 28.2 Å². The molecular formula is C14H19Cl2NOS. The van der Waals surface area contributed by atoms with Gasteiger partial charge >= 0.3 is 0 Å². The van der Waals surface area contributed by atoms with Crippen LogP contribution in [-0.2, 0) is 0 Å². The topological polar surface area (TPSA) is 46.2 Å². The van der Waals surface area contributed by atoms with Crippen LogP contribution in [0.4, 0.5) is 0 Å². The Morgan fingerprint density at radius 3 is 2.84 bits per heavy atom. The second-order valence-corrected chi connectivity index (χ2v) is 7.09. The molecule has 2 atom stereocenters. The van der Waals surface area contributed by atoms with Gasteiger partial charge in [0, 0.05) is 11.4 Å². The van der Waals surface area contributed by atoms with Crippen LogP contribution in [0.3, 0.4) is 0 Å². The first kappa shape index (κ1) is 15.5. The molecule has 1 aliphatic carbocycles. The van der Waals surface area contributed by atoms with Crippen molar-refractivity contribution in [1.29, 1.82) is 0 Å². The first-order valence-electron chi connectivity index (χ1n) is 6.55. The molecule has 2 rings (SSSR count). The summed E-state index contributed by atoms with van der Waals surface area (Å²) in [7, 11) is 0. The molecule has 2 nitrogen and oxygen atoms in total. The second kappa shape index (κ2) is 6.68. The zero-order valence-corrected chi connectivity index (χ0v) is 13.1. The molecule has 5 heteroatoms. The third kappa shape index (κ3) is 3.79. The van der Waals surface area contributed by atoms with Crippen molar-refractivity contribution in [2.75, 3.05) is 12.3 Å². The highest BCUT2D eigenvalue weighted by Gasteiger charge is 2.39. The van der Waals surface area contributed by atoms with E-state index in [0.717, 1.165) is 36.3 Å². The molecule has 0 aliphatic heterocycles. The van der Waals surface area contributed by atoms with Gasteiger partial charge in [-0.1, -0.05) is 29.6 Å². The summed E-state index contributed by atoms with van der Waals surface area (Å²) in [4.78, 5) is 1.11. The smallest absolute Gasteiger partial charge is 0.0797 e. The van der Waals surface area contributed by atoms with E-state index in [2.05, 4.69) is 0 Å². The van der Waals surface area contributed by atoms with Gasteiger partial charge in [0.2, 0.25) is 0 Å². The Hall–Kier alpha value is 0.0700. The molecule has 2 unspecified atom stereocenters. The minimum atomic E-state index is -0.641. The molecule has 1 saturated carbocycles. The minimum Gasteiger partial charge on any atom is -0.388 e. The van der Waals surface area contributed by atoms with Gasteiger partial charge in [-0.3, -0.25) is 0 Å². The zero-order valence-electron chi connectivity index (χ0n) is 10.7. The van der Waals surface area contributed by atoms with Crippen LogP contribution in [0.25, 0.3) is 0 Å². The van der Waals surface area contributed by atoms with Gasteiger partial charge in [-0.15, -0.1) is 11.8 Å². The molecule has 0 saturated heterocycles. The van der Waals surface area contributed by atoms with Crippen molar-refractivity contribution in [3.8, 4) is 0 Å². The lowest BCUT2D eigenvalue weighted by Gasteiger charge is -2.28. The number of nitrogens with two attached hydrogens (primary N) is 1. The molecule has 0 radical (unpaired) electrons. The van der Waals surface area contributed by atoms with Gasteiger partial charge in [-0.25, -0.2) is 0 Å². The number of hydrogen-bond donors (Lipinski definition) is 2. The van der Waals surface area contributed by atoms with Crippen LogP contribution in [-0.4, -0.2) is 23.0 Å². The van der Waals surface area contributed by atoms with Gasteiger partial charge in [0.05, 0.1) is 15.6 Å². The number of halogens is 2. The van der Waals surface area contributed by atoms with Crippen molar-refractivity contribution >= 4 is 35.0 Å². The summed E-state index contributed by atoms with van der Waals surface area (Å²) in [6.45, 7) is 0.370. The van der Waals surface area contributed by atoms with Crippen LogP contribution in [0.2, 0.25) is 10.0 Å². The third-order valence-corrected chi connectivity index (χ3v) is 5.67. The van der Waals surface area contributed by atoms with Gasteiger partial charge < -0.3 is 10.8 Å². The summed E-state index contributed by atoms with van der Waals surface area (Å²) in [5.74, 6) is 1.29. The lowest BCUT2D eigenvalue weighted by molar-refractivity contribution is 0.0104. The molecule has 3 N–H and O–H groups in total. The number of aliphatic hydroxyl groups is 1. The van der Waals surface area contributed by atoms with E-state index in [-0.39, 0.29) is 0 Å². The predicted molar refractivity (Wildman–Crippen MR) is 83.1 cm³/mol. The van der Waals surface area contributed by atoms with E-state index in [0.29, 0.717) is 22.5 Å². The molecule has 0 heterocycles. The lowest BCUT2D eigenvalue weighted by atomic mass is 9.89. The first-order chi connectivity index (χ1) is 9.05. The molecule has 106 valence electrons. The summed E-state index contributed by atoms with van der Waals surface area (Å²) in [6.07, 6.45) is 3.98. The third-order valence-electron chi connectivity index (χ3n) is 3.90. The Bertz CT molecular complexity index is 443. The fraction of sp³-hybridized carbons (Fsp3) is 0.571. The Morgan fingerprint density at radius 1 is 1.37 bits per heavy atom. The van der Waals surface area contributed by atoms with Gasteiger partial charge in [-0.2, -0.15) is 0 Å². The van der Waals surface area contributed by atoms with Crippen LogP contribution < -0.4 is 5.73 Å². The average Bonchev–Trinajstić information content (AvgIpc) is 2.76. The summed E-state index contributed by atoms with van der Waals surface area (Å²) in [5.41, 5.74) is 5.05. The molecule has 0 aromatic heterocycles. The fourth-order valence-electron chi connectivity index (χ4n) is 2.69. The Balaban J connectivity index is 1.85. The maximum atomic E-state index is 10.4. The highest BCUT2D eigenvalue weighted by atomic mass is 35.5.